The van der Waals surface area contributed by atoms with Crippen LogP contribution in [0.5, 0.6) is 0 Å². The van der Waals surface area contributed by atoms with Gasteiger partial charge in [-0.25, -0.2) is 0 Å². The van der Waals surface area contributed by atoms with Gasteiger partial charge in [0.25, 0.3) is 5.56 Å². The first-order valence-corrected chi connectivity index (χ1v) is 4.21. The summed E-state index contributed by atoms with van der Waals surface area (Å²) in [6.45, 7) is 5.81. The van der Waals surface area contributed by atoms with E-state index in [0.717, 1.165) is 24.2 Å². The summed E-state index contributed by atoms with van der Waals surface area (Å²) in [5.41, 5.74) is 2.39. The van der Waals surface area contributed by atoms with E-state index in [2.05, 4.69) is 9.97 Å². The number of aromatic amines is 1. The van der Waals surface area contributed by atoms with Crippen molar-refractivity contribution in [1.29, 1.82) is 0 Å². The van der Waals surface area contributed by atoms with E-state index in [9.17, 15) is 4.79 Å². The van der Waals surface area contributed by atoms with Crippen LogP contribution >= 0.6 is 0 Å². The fourth-order valence-corrected chi connectivity index (χ4v) is 1.08. The summed E-state index contributed by atoms with van der Waals surface area (Å²) >= 11 is 0. The average molecular weight is 166 g/mol. The first-order valence-electron chi connectivity index (χ1n) is 4.21. The molecule has 0 aliphatic carbocycles. The van der Waals surface area contributed by atoms with E-state index >= 15 is 0 Å². The van der Waals surface area contributed by atoms with Crippen molar-refractivity contribution in [3.05, 3.63) is 27.4 Å². The summed E-state index contributed by atoms with van der Waals surface area (Å²) in [7, 11) is 0. The standard InChI is InChI=1S/C9H14N2O/c1-4-5-8-9(12)11-7(3)6(2)10-8/h4-5H2,1-3H3,(H,11,12). The van der Waals surface area contributed by atoms with E-state index < -0.39 is 0 Å². The maximum absolute atomic E-state index is 11.3. The summed E-state index contributed by atoms with van der Waals surface area (Å²) in [6, 6.07) is 0. The SMILES string of the molecule is CCCc1nc(C)c(C)[nH]c1=O. The second kappa shape index (κ2) is 3.52. The largest absolute Gasteiger partial charge is 0.323 e. The van der Waals surface area contributed by atoms with Crippen LogP contribution in [-0.4, -0.2) is 9.97 Å². The lowest BCUT2D eigenvalue weighted by Gasteiger charge is -2.01. The molecule has 0 aliphatic rings. The summed E-state index contributed by atoms with van der Waals surface area (Å²) in [5.74, 6) is 0. The molecule has 66 valence electrons. The van der Waals surface area contributed by atoms with E-state index in [0.29, 0.717) is 5.69 Å². The van der Waals surface area contributed by atoms with Crippen molar-refractivity contribution in [1.82, 2.24) is 9.97 Å². The van der Waals surface area contributed by atoms with Gasteiger partial charge >= 0.3 is 0 Å². The van der Waals surface area contributed by atoms with Crippen LogP contribution in [-0.2, 0) is 6.42 Å². The third-order valence-corrected chi connectivity index (χ3v) is 1.90. The Morgan fingerprint density at radius 3 is 2.67 bits per heavy atom. The fourth-order valence-electron chi connectivity index (χ4n) is 1.08. The summed E-state index contributed by atoms with van der Waals surface area (Å²) < 4.78 is 0. The highest BCUT2D eigenvalue weighted by atomic mass is 16.1. The van der Waals surface area contributed by atoms with E-state index in [1.807, 2.05) is 20.8 Å². The quantitative estimate of drug-likeness (QED) is 0.720. The lowest BCUT2D eigenvalue weighted by Crippen LogP contribution is -2.17. The van der Waals surface area contributed by atoms with Gasteiger partial charge in [0.05, 0.1) is 5.69 Å². The van der Waals surface area contributed by atoms with Crippen LogP contribution in [0.15, 0.2) is 4.79 Å². The Balaban J connectivity index is 3.14. The van der Waals surface area contributed by atoms with Gasteiger partial charge < -0.3 is 4.98 Å². The predicted molar refractivity (Wildman–Crippen MR) is 48.3 cm³/mol. The van der Waals surface area contributed by atoms with E-state index in [1.54, 1.807) is 0 Å². The summed E-state index contributed by atoms with van der Waals surface area (Å²) in [4.78, 5) is 18.3. The number of rotatable bonds is 2. The first kappa shape index (κ1) is 8.97. The Morgan fingerprint density at radius 2 is 2.08 bits per heavy atom. The number of nitrogens with zero attached hydrogens (tertiary/aromatic N) is 1. The molecule has 0 unspecified atom stereocenters. The molecule has 0 aromatic carbocycles. The van der Waals surface area contributed by atoms with Crippen LogP contribution < -0.4 is 5.56 Å². The van der Waals surface area contributed by atoms with Crippen molar-refractivity contribution >= 4 is 0 Å². The second-order valence-corrected chi connectivity index (χ2v) is 2.97. The second-order valence-electron chi connectivity index (χ2n) is 2.97. The van der Waals surface area contributed by atoms with Gasteiger partial charge in [0.2, 0.25) is 0 Å². The third kappa shape index (κ3) is 1.72. The van der Waals surface area contributed by atoms with Crippen LogP contribution in [0, 0.1) is 13.8 Å². The van der Waals surface area contributed by atoms with Gasteiger partial charge in [0.1, 0.15) is 5.69 Å². The molecular weight excluding hydrogens is 152 g/mol. The molecule has 0 atom stereocenters. The van der Waals surface area contributed by atoms with Crippen molar-refractivity contribution in [3.8, 4) is 0 Å². The number of aryl methyl sites for hydroxylation is 3. The lowest BCUT2D eigenvalue weighted by molar-refractivity contribution is 0.832. The zero-order valence-electron chi connectivity index (χ0n) is 7.77. The molecule has 0 bridgehead atoms. The molecule has 1 aromatic rings. The van der Waals surface area contributed by atoms with Gasteiger partial charge in [-0.05, 0) is 20.3 Å². The van der Waals surface area contributed by atoms with Crippen LogP contribution in [0.4, 0.5) is 0 Å². The molecule has 0 fully saturated rings. The first-order chi connectivity index (χ1) is 5.65. The molecule has 1 heterocycles. The van der Waals surface area contributed by atoms with E-state index in [4.69, 9.17) is 0 Å². The van der Waals surface area contributed by atoms with Gasteiger partial charge in [0.15, 0.2) is 0 Å². The molecule has 3 nitrogen and oxygen atoms in total. The minimum absolute atomic E-state index is 0.0417. The zero-order valence-corrected chi connectivity index (χ0v) is 7.77. The molecule has 1 N–H and O–H groups in total. The molecule has 1 rings (SSSR count). The summed E-state index contributed by atoms with van der Waals surface area (Å²) in [5, 5.41) is 0. The smallest absolute Gasteiger partial charge is 0.269 e. The highest BCUT2D eigenvalue weighted by Gasteiger charge is 2.02. The van der Waals surface area contributed by atoms with Crippen molar-refractivity contribution < 1.29 is 0 Å². The van der Waals surface area contributed by atoms with Crippen LogP contribution in [0.1, 0.15) is 30.4 Å². The molecule has 0 aliphatic heterocycles. The maximum atomic E-state index is 11.3. The minimum atomic E-state index is -0.0417. The topological polar surface area (TPSA) is 45.8 Å². The van der Waals surface area contributed by atoms with Crippen LogP contribution in [0.3, 0.4) is 0 Å². The van der Waals surface area contributed by atoms with Gasteiger partial charge in [0, 0.05) is 5.69 Å². The molecule has 0 saturated carbocycles. The molecule has 0 spiro atoms. The highest BCUT2D eigenvalue weighted by Crippen LogP contribution is 1.98. The predicted octanol–water partition coefficient (Wildman–Crippen LogP) is 1.34. The monoisotopic (exact) mass is 166 g/mol. The van der Waals surface area contributed by atoms with E-state index in [-0.39, 0.29) is 5.56 Å². The van der Waals surface area contributed by atoms with Crippen LogP contribution in [0.25, 0.3) is 0 Å². The van der Waals surface area contributed by atoms with Gasteiger partial charge in [-0.2, -0.15) is 0 Å². The molecular formula is C9H14N2O. The third-order valence-electron chi connectivity index (χ3n) is 1.90. The molecule has 12 heavy (non-hydrogen) atoms. The Bertz CT molecular complexity index is 328. The lowest BCUT2D eigenvalue weighted by atomic mass is 10.2. The maximum Gasteiger partial charge on any atom is 0.269 e. The van der Waals surface area contributed by atoms with Crippen molar-refractivity contribution in [2.75, 3.05) is 0 Å². The summed E-state index contributed by atoms with van der Waals surface area (Å²) in [6.07, 6.45) is 1.72. The number of hydrogen-bond donors (Lipinski definition) is 1. The number of H-pyrrole nitrogens is 1. The Hall–Kier alpha value is -1.12. The minimum Gasteiger partial charge on any atom is -0.323 e. The Kier molecular flexibility index (Phi) is 2.63. The number of nitrogens with one attached hydrogen (secondary N) is 1. The highest BCUT2D eigenvalue weighted by molar-refractivity contribution is 5.10. The van der Waals surface area contributed by atoms with E-state index in [1.165, 1.54) is 0 Å². The fraction of sp³-hybridized carbons (Fsp3) is 0.556. The average Bonchev–Trinajstić information content (AvgIpc) is 2.01. The van der Waals surface area contributed by atoms with Crippen molar-refractivity contribution in [2.45, 2.75) is 33.6 Å². The van der Waals surface area contributed by atoms with Gasteiger partial charge in [-0.15, -0.1) is 0 Å². The normalized spacial score (nSPS) is 10.2. The molecule has 0 radical (unpaired) electrons. The Labute approximate surface area is 71.9 Å². The van der Waals surface area contributed by atoms with Crippen molar-refractivity contribution in [2.24, 2.45) is 0 Å². The zero-order chi connectivity index (χ0) is 9.14. The number of aromatic nitrogens is 2. The molecule has 3 heteroatoms. The molecule has 1 aromatic heterocycles. The number of hydrogen-bond acceptors (Lipinski definition) is 2. The molecule has 0 saturated heterocycles. The van der Waals surface area contributed by atoms with Gasteiger partial charge in [-0.3, -0.25) is 9.78 Å². The van der Waals surface area contributed by atoms with Crippen LogP contribution in [0.2, 0.25) is 0 Å². The molecule has 0 amide bonds. The van der Waals surface area contributed by atoms with Gasteiger partial charge in [-0.1, -0.05) is 13.3 Å². The van der Waals surface area contributed by atoms with Crippen molar-refractivity contribution in [3.63, 3.8) is 0 Å². The Morgan fingerprint density at radius 1 is 1.42 bits per heavy atom.